The van der Waals surface area contributed by atoms with Crippen molar-refractivity contribution in [3.63, 3.8) is 0 Å². The van der Waals surface area contributed by atoms with E-state index in [1.807, 2.05) is 31.2 Å². The van der Waals surface area contributed by atoms with Crippen LogP contribution in [0, 0.1) is 0 Å². The molecule has 4 nitrogen and oxygen atoms in total. The van der Waals surface area contributed by atoms with E-state index in [1.165, 1.54) is 0 Å². The summed E-state index contributed by atoms with van der Waals surface area (Å²) in [6, 6.07) is 11.4. The average molecular weight is 386 g/mol. The normalized spacial score (nSPS) is 18.9. The molecule has 0 saturated heterocycles. The van der Waals surface area contributed by atoms with Crippen molar-refractivity contribution in [2.24, 2.45) is 0 Å². The summed E-state index contributed by atoms with van der Waals surface area (Å²) in [5.74, 6) is -0.0863. The molecule has 0 saturated carbocycles. The first-order valence-corrected chi connectivity index (χ1v) is 9.12. The minimum atomic E-state index is -0.717. The molecule has 0 fully saturated rings. The second-order valence-electron chi connectivity index (χ2n) is 6.68. The molecule has 0 aliphatic carbocycles. The number of carbonyl (C=O) groups excluding carboxylic acids is 1. The molecule has 0 spiro atoms. The van der Waals surface area contributed by atoms with E-state index in [0.717, 1.165) is 22.0 Å². The first kappa shape index (κ1) is 17.1. The highest BCUT2D eigenvalue weighted by Gasteiger charge is 2.40. The molecule has 1 aliphatic rings. The molecule has 1 atom stereocenters. The number of anilines is 2. The van der Waals surface area contributed by atoms with Gasteiger partial charge in [0.15, 0.2) is 0 Å². The minimum Gasteiger partial charge on any atom is -0.385 e. The van der Waals surface area contributed by atoms with Crippen LogP contribution in [0.3, 0.4) is 0 Å². The average Bonchev–Trinajstić information content (AvgIpc) is 2.64. The lowest BCUT2D eigenvalue weighted by molar-refractivity contribution is -0.121. The largest absolute Gasteiger partial charge is 0.385 e. The third kappa shape index (κ3) is 2.79. The van der Waals surface area contributed by atoms with Crippen molar-refractivity contribution in [2.45, 2.75) is 18.8 Å². The highest BCUT2D eigenvalue weighted by molar-refractivity contribution is 6.42. The summed E-state index contributed by atoms with van der Waals surface area (Å²) in [6.07, 6.45) is 4.12. The lowest BCUT2D eigenvalue weighted by Gasteiger charge is -2.35. The predicted molar refractivity (Wildman–Crippen MR) is 107 cm³/mol. The number of benzene rings is 2. The fourth-order valence-electron chi connectivity index (χ4n) is 3.44. The Bertz CT molecular complexity index is 1020. The van der Waals surface area contributed by atoms with Gasteiger partial charge in [-0.1, -0.05) is 47.5 Å². The Morgan fingerprint density at radius 2 is 1.96 bits per heavy atom. The Labute approximate surface area is 161 Å². The number of nitrogens with zero attached hydrogens (tertiary/aromatic N) is 1. The van der Waals surface area contributed by atoms with Crippen LogP contribution < -0.4 is 10.6 Å². The van der Waals surface area contributed by atoms with Crippen molar-refractivity contribution in [3.8, 4) is 0 Å². The van der Waals surface area contributed by atoms with E-state index in [1.54, 1.807) is 24.5 Å². The van der Waals surface area contributed by atoms with Gasteiger partial charge in [-0.3, -0.25) is 9.78 Å². The molecule has 0 bridgehead atoms. The van der Waals surface area contributed by atoms with Crippen LogP contribution in [0.5, 0.6) is 0 Å². The van der Waals surface area contributed by atoms with Crippen LogP contribution >= 0.6 is 23.2 Å². The molecule has 1 aliphatic heterocycles. The van der Waals surface area contributed by atoms with Crippen LogP contribution in [0.25, 0.3) is 10.8 Å². The van der Waals surface area contributed by atoms with Crippen molar-refractivity contribution in [3.05, 3.63) is 64.4 Å². The van der Waals surface area contributed by atoms with E-state index in [-0.39, 0.29) is 5.91 Å². The van der Waals surface area contributed by atoms with Gasteiger partial charge in [0.05, 0.1) is 27.3 Å². The van der Waals surface area contributed by atoms with Crippen molar-refractivity contribution in [1.29, 1.82) is 0 Å². The Hall–Kier alpha value is -2.30. The molecule has 132 valence electrons. The Balaban J connectivity index is 1.74. The summed E-state index contributed by atoms with van der Waals surface area (Å²) in [6.45, 7) is 2.62. The molecule has 3 aromatic rings. The molecule has 0 unspecified atom stereocenters. The van der Waals surface area contributed by atoms with Gasteiger partial charge >= 0.3 is 0 Å². The molecule has 1 aromatic heterocycles. The number of halogens is 2. The number of hydrogen-bond donors (Lipinski definition) is 2. The summed E-state index contributed by atoms with van der Waals surface area (Å²) < 4.78 is 0. The SMILES string of the molecule is C[C@]1(C(=O)Nc2cncc3ccccc23)CCNc2cc(Cl)c(Cl)cc21. The summed E-state index contributed by atoms with van der Waals surface area (Å²) in [7, 11) is 0. The topological polar surface area (TPSA) is 54.0 Å². The van der Waals surface area contributed by atoms with E-state index in [4.69, 9.17) is 23.2 Å². The van der Waals surface area contributed by atoms with Crippen molar-refractivity contribution < 1.29 is 4.79 Å². The Morgan fingerprint density at radius 1 is 1.19 bits per heavy atom. The maximum absolute atomic E-state index is 13.2. The smallest absolute Gasteiger partial charge is 0.234 e. The maximum atomic E-state index is 13.2. The number of amides is 1. The van der Waals surface area contributed by atoms with E-state index in [9.17, 15) is 4.79 Å². The molecular weight excluding hydrogens is 369 g/mol. The number of aromatic nitrogens is 1. The van der Waals surface area contributed by atoms with Gasteiger partial charge in [0.25, 0.3) is 0 Å². The van der Waals surface area contributed by atoms with Gasteiger partial charge in [-0.15, -0.1) is 0 Å². The Morgan fingerprint density at radius 3 is 2.81 bits per heavy atom. The van der Waals surface area contributed by atoms with Gasteiger partial charge in [-0.05, 0) is 31.0 Å². The first-order valence-electron chi connectivity index (χ1n) is 8.36. The summed E-state index contributed by atoms with van der Waals surface area (Å²) in [5.41, 5.74) is 1.68. The van der Waals surface area contributed by atoms with Gasteiger partial charge in [0.2, 0.25) is 5.91 Å². The zero-order valence-corrected chi connectivity index (χ0v) is 15.7. The highest BCUT2D eigenvalue weighted by Crippen LogP contribution is 2.42. The molecule has 1 amide bonds. The lowest BCUT2D eigenvalue weighted by Crippen LogP contribution is -2.42. The molecule has 4 rings (SSSR count). The maximum Gasteiger partial charge on any atom is 0.234 e. The third-order valence-electron chi connectivity index (χ3n) is 5.01. The van der Waals surface area contributed by atoms with Crippen molar-refractivity contribution in [2.75, 3.05) is 17.2 Å². The third-order valence-corrected chi connectivity index (χ3v) is 5.74. The van der Waals surface area contributed by atoms with Crippen LogP contribution in [-0.4, -0.2) is 17.4 Å². The second kappa shape index (κ2) is 6.45. The van der Waals surface area contributed by atoms with Crippen LogP contribution in [0.15, 0.2) is 48.8 Å². The second-order valence-corrected chi connectivity index (χ2v) is 7.50. The zero-order valence-electron chi connectivity index (χ0n) is 14.1. The van der Waals surface area contributed by atoms with Crippen LogP contribution in [0.2, 0.25) is 10.0 Å². The number of pyridine rings is 1. The van der Waals surface area contributed by atoms with Gasteiger partial charge in [-0.2, -0.15) is 0 Å². The van der Waals surface area contributed by atoms with Crippen molar-refractivity contribution in [1.82, 2.24) is 4.98 Å². The zero-order chi connectivity index (χ0) is 18.3. The number of hydrogen-bond acceptors (Lipinski definition) is 3. The van der Waals surface area contributed by atoms with E-state index >= 15 is 0 Å². The number of rotatable bonds is 2. The molecule has 26 heavy (non-hydrogen) atoms. The number of fused-ring (bicyclic) bond motifs is 2. The van der Waals surface area contributed by atoms with Crippen LogP contribution in [0.1, 0.15) is 18.9 Å². The first-order chi connectivity index (χ1) is 12.5. The summed E-state index contributed by atoms with van der Waals surface area (Å²) in [4.78, 5) is 17.5. The predicted octanol–water partition coefficient (Wildman–Crippen LogP) is 5.25. The highest BCUT2D eigenvalue weighted by atomic mass is 35.5. The van der Waals surface area contributed by atoms with Gasteiger partial charge in [0, 0.05) is 29.2 Å². The minimum absolute atomic E-state index is 0.0863. The van der Waals surface area contributed by atoms with E-state index in [0.29, 0.717) is 28.7 Å². The molecule has 6 heteroatoms. The number of carbonyl (C=O) groups is 1. The van der Waals surface area contributed by atoms with E-state index in [2.05, 4.69) is 15.6 Å². The fourth-order valence-corrected chi connectivity index (χ4v) is 3.77. The van der Waals surface area contributed by atoms with Gasteiger partial charge in [0.1, 0.15) is 0 Å². The number of nitrogens with one attached hydrogen (secondary N) is 2. The Kier molecular flexibility index (Phi) is 4.25. The monoisotopic (exact) mass is 385 g/mol. The fraction of sp³-hybridized carbons (Fsp3) is 0.200. The summed E-state index contributed by atoms with van der Waals surface area (Å²) >= 11 is 12.3. The van der Waals surface area contributed by atoms with Crippen molar-refractivity contribution >= 4 is 51.3 Å². The molecule has 2 N–H and O–H groups in total. The summed E-state index contributed by atoms with van der Waals surface area (Å²) in [5, 5.41) is 9.22. The molecular formula is C20H17Cl2N3O. The molecule has 0 radical (unpaired) electrons. The molecule has 2 aromatic carbocycles. The van der Waals surface area contributed by atoms with Crippen LogP contribution in [0.4, 0.5) is 11.4 Å². The standard InChI is InChI=1S/C20H17Cl2N3O/c1-20(6-7-24-17-9-16(22)15(21)8-14(17)20)19(26)25-18-11-23-10-12-4-2-3-5-13(12)18/h2-5,8-11,24H,6-7H2,1H3,(H,25,26)/t20-/m0/s1. The van der Waals surface area contributed by atoms with E-state index < -0.39 is 5.41 Å². The molecule has 2 heterocycles. The van der Waals surface area contributed by atoms with Gasteiger partial charge < -0.3 is 10.6 Å². The van der Waals surface area contributed by atoms with Crippen LogP contribution in [-0.2, 0) is 10.2 Å². The quantitative estimate of drug-likeness (QED) is 0.632. The lowest BCUT2D eigenvalue weighted by atomic mass is 9.75. The van der Waals surface area contributed by atoms with Gasteiger partial charge in [-0.25, -0.2) is 0 Å².